The monoisotopic (exact) mass is 241 g/mol. The smallest absolute Gasteiger partial charge is 0.0596 e. The Morgan fingerprint density at radius 3 is 2.67 bits per heavy atom. The first-order valence-corrected chi connectivity index (χ1v) is 6.16. The number of nitrogens with one attached hydrogen (secondary N) is 1. The van der Waals surface area contributed by atoms with Gasteiger partial charge in [-0.1, -0.05) is 18.2 Å². The molecular formula is C15H19N3. The van der Waals surface area contributed by atoms with Crippen molar-refractivity contribution in [3.05, 3.63) is 54.4 Å². The molecule has 3 nitrogen and oxygen atoms in total. The van der Waals surface area contributed by atoms with Gasteiger partial charge in [0.1, 0.15) is 0 Å². The van der Waals surface area contributed by atoms with Gasteiger partial charge in [0.05, 0.1) is 11.4 Å². The summed E-state index contributed by atoms with van der Waals surface area (Å²) in [6.07, 6.45) is 4.70. The zero-order valence-corrected chi connectivity index (χ0v) is 10.9. The molecule has 0 spiro atoms. The van der Waals surface area contributed by atoms with Crippen molar-refractivity contribution < 1.29 is 0 Å². The fraction of sp³-hybridized carbons (Fsp3) is 0.267. The van der Waals surface area contributed by atoms with Crippen LogP contribution in [0, 0.1) is 0 Å². The summed E-state index contributed by atoms with van der Waals surface area (Å²) >= 11 is 0. The number of aromatic nitrogens is 1. The Hall–Kier alpha value is -2.03. The first-order chi connectivity index (χ1) is 8.77. The summed E-state index contributed by atoms with van der Waals surface area (Å²) in [6.45, 7) is 0.913. The second kappa shape index (κ2) is 6.05. The summed E-state index contributed by atoms with van der Waals surface area (Å²) in [7, 11) is 4.11. The summed E-state index contributed by atoms with van der Waals surface area (Å²) in [5.41, 5.74) is 3.64. The second-order valence-corrected chi connectivity index (χ2v) is 4.45. The van der Waals surface area contributed by atoms with Crippen LogP contribution < -0.4 is 10.2 Å². The summed E-state index contributed by atoms with van der Waals surface area (Å²) in [5, 5.41) is 3.47. The van der Waals surface area contributed by atoms with E-state index in [1.54, 1.807) is 6.20 Å². The molecule has 94 valence electrons. The number of benzene rings is 1. The number of hydrogen-bond acceptors (Lipinski definition) is 3. The van der Waals surface area contributed by atoms with E-state index < -0.39 is 0 Å². The third-order valence-electron chi connectivity index (χ3n) is 2.84. The van der Waals surface area contributed by atoms with Crippen LogP contribution in [0.4, 0.5) is 11.4 Å². The molecule has 2 aromatic rings. The Labute approximate surface area is 108 Å². The predicted molar refractivity (Wildman–Crippen MR) is 77.2 cm³/mol. The van der Waals surface area contributed by atoms with E-state index in [1.807, 2.05) is 12.3 Å². The molecule has 0 unspecified atom stereocenters. The van der Waals surface area contributed by atoms with E-state index in [-0.39, 0.29) is 0 Å². The molecule has 0 bridgehead atoms. The van der Waals surface area contributed by atoms with Gasteiger partial charge in [-0.25, -0.2) is 0 Å². The standard InChI is InChI=1S/C15H19N3/c1-18(2)15-8-4-3-7-14(15)17-11-9-13-6-5-10-16-12-13/h3-8,10,12,17H,9,11H2,1-2H3. The lowest BCUT2D eigenvalue weighted by Crippen LogP contribution is -2.13. The molecule has 0 radical (unpaired) electrons. The van der Waals surface area contributed by atoms with Gasteiger partial charge in [-0.2, -0.15) is 0 Å². The topological polar surface area (TPSA) is 28.2 Å². The Bertz CT molecular complexity index is 480. The van der Waals surface area contributed by atoms with Gasteiger partial charge in [0.15, 0.2) is 0 Å². The number of para-hydroxylation sites is 2. The highest BCUT2D eigenvalue weighted by Gasteiger charge is 2.02. The van der Waals surface area contributed by atoms with E-state index in [0.717, 1.165) is 13.0 Å². The van der Waals surface area contributed by atoms with Crippen LogP contribution in [0.3, 0.4) is 0 Å². The highest BCUT2D eigenvalue weighted by Crippen LogP contribution is 2.23. The maximum absolute atomic E-state index is 4.12. The molecule has 1 aromatic heterocycles. The SMILES string of the molecule is CN(C)c1ccccc1NCCc1cccnc1. The quantitative estimate of drug-likeness (QED) is 0.872. The predicted octanol–water partition coefficient (Wildman–Crippen LogP) is 2.80. The average molecular weight is 241 g/mol. The molecule has 0 saturated heterocycles. The first kappa shape index (κ1) is 12.4. The Kier molecular flexibility index (Phi) is 4.18. The highest BCUT2D eigenvalue weighted by molar-refractivity contribution is 5.69. The van der Waals surface area contributed by atoms with Crippen molar-refractivity contribution in [3.8, 4) is 0 Å². The number of pyridine rings is 1. The van der Waals surface area contributed by atoms with Crippen molar-refractivity contribution in [3.63, 3.8) is 0 Å². The van der Waals surface area contributed by atoms with Crippen LogP contribution in [0.5, 0.6) is 0 Å². The van der Waals surface area contributed by atoms with Crippen LogP contribution in [0.1, 0.15) is 5.56 Å². The molecule has 2 rings (SSSR count). The lowest BCUT2D eigenvalue weighted by molar-refractivity contribution is 1.00. The van der Waals surface area contributed by atoms with Crippen LogP contribution in [-0.4, -0.2) is 25.6 Å². The van der Waals surface area contributed by atoms with Crippen molar-refractivity contribution >= 4 is 11.4 Å². The molecule has 1 N–H and O–H groups in total. The normalized spacial score (nSPS) is 10.1. The molecule has 0 amide bonds. The lowest BCUT2D eigenvalue weighted by atomic mass is 10.2. The second-order valence-electron chi connectivity index (χ2n) is 4.45. The van der Waals surface area contributed by atoms with Crippen molar-refractivity contribution in [1.82, 2.24) is 4.98 Å². The largest absolute Gasteiger partial charge is 0.383 e. The van der Waals surface area contributed by atoms with Gasteiger partial charge in [-0.3, -0.25) is 4.98 Å². The molecule has 18 heavy (non-hydrogen) atoms. The van der Waals surface area contributed by atoms with Gasteiger partial charge >= 0.3 is 0 Å². The molecule has 0 atom stereocenters. The Balaban J connectivity index is 1.94. The maximum Gasteiger partial charge on any atom is 0.0596 e. The number of nitrogens with zero attached hydrogens (tertiary/aromatic N) is 2. The summed E-state index contributed by atoms with van der Waals surface area (Å²) in [4.78, 5) is 6.24. The Morgan fingerprint density at radius 2 is 1.94 bits per heavy atom. The molecule has 0 aliphatic rings. The number of anilines is 2. The zero-order chi connectivity index (χ0) is 12.8. The molecular weight excluding hydrogens is 222 g/mol. The average Bonchev–Trinajstić information content (AvgIpc) is 2.40. The van der Waals surface area contributed by atoms with Crippen molar-refractivity contribution in [1.29, 1.82) is 0 Å². The van der Waals surface area contributed by atoms with E-state index in [2.05, 4.69) is 59.6 Å². The molecule has 1 aromatic carbocycles. The third-order valence-corrected chi connectivity index (χ3v) is 2.84. The third kappa shape index (κ3) is 3.23. The van der Waals surface area contributed by atoms with Crippen LogP contribution in [0.15, 0.2) is 48.8 Å². The molecule has 3 heteroatoms. The highest BCUT2D eigenvalue weighted by atomic mass is 15.1. The van der Waals surface area contributed by atoms with Gasteiger partial charge < -0.3 is 10.2 Å². The minimum absolute atomic E-state index is 0.913. The molecule has 0 aliphatic heterocycles. The van der Waals surface area contributed by atoms with Gasteiger partial charge in [0.2, 0.25) is 0 Å². The number of hydrogen-bond donors (Lipinski definition) is 1. The van der Waals surface area contributed by atoms with Crippen molar-refractivity contribution in [2.75, 3.05) is 30.9 Å². The van der Waals surface area contributed by atoms with Crippen LogP contribution >= 0.6 is 0 Å². The molecule has 0 saturated carbocycles. The van der Waals surface area contributed by atoms with Crippen LogP contribution in [0.2, 0.25) is 0 Å². The van der Waals surface area contributed by atoms with E-state index in [1.165, 1.54) is 16.9 Å². The zero-order valence-electron chi connectivity index (χ0n) is 10.9. The van der Waals surface area contributed by atoms with Gasteiger partial charge in [0, 0.05) is 33.0 Å². The van der Waals surface area contributed by atoms with Crippen molar-refractivity contribution in [2.24, 2.45) is 0 Å². The van der Waals surface area contributed by atoms with Crippen molar-refractivity contribution in [2.45, 2.75) is 6.42 Å². The summed E-state index contributed by atoms with van der Waals surface area (Å²) in [5.74, 6) is 0. The minimum atomic E-state index is 0.913. The fourth-order valence-electron chi connectivity index (χ4n) is 1.90. The van der Waals surface area contributed by atoms with E-state index in [0.29, 0.717) is 0 Å². The summed E-state index contributed by atoms with van der Waals surface area (Å²) < 4.78 is 0. The Morgan fingerprint density at radius 1 is 1.11 bits per heavy atom. The minimum Gasteiger partial charge on any atom is -0.383 e. The first-order valence-electron chi connectivity index (χ1n) is 6.16. The molecule has 0 fully saturated rings. The van der Waals surface area contributed by atoms with E-state index >= 15 is 0 Å². The van der Waals surface area contributed by atoms with Crippen LogP contribution in [0.25, 0.3) is 0 Å². The molecule has 0 aliphatic carbocycles. The van der Waals surface area contributed by atoms with E-state index in [9.17, 15) is 0 Å². The lowest BCUT2D eigenvalue weighted by Gasteiger charge is -2.18. The maximum atomic E-state index is 4.12. The van der Waals surface area contributed by atoms with Gasteiger partial charge in [-0.15, -0.1) is 0 Å². The summed E-state index contributed by atoms with van der Waals surface area (Å²) in [6, 6.07) is 12.4. The fourth-order valence-corrected chi connectivity index (χ4v) is 1.90. The van der Waals surface area contributed by atoms with E-state index in [4.69, 9.17) is 0 Å². The number of rotatable bonds is 5. The van der Waals surface area contributed by atoms with Gasteiger partial charge in [-0.05, 0) is 30.2 Å². The van der Waals surface area contributed by atoms with Gasteiger partial charge in [0.25, 0.3) is 0 Å². The van der Waals surface area contributed by atoms with Crippen LogP contribution in [-0.2, 0) is 6.42 Å². The molecule has 1 heterocycles.